The van der Waals surface area contributed by atoms with Crippen LogP contribution in [0.3, 0.4) is 0 Å². The van der Waals surface area contributed by atoms with Gasteiger partial charge in [-0.15, -0.1) is 12.4 Å². The SMILES string of the molecule is CCCC(N)C(=O)NC(C)c1cc(F)ccc1N1CCN(C)CC1.Cl. The van der Waals surface area contributed by atoms with E-state index in [2.05, 4.69) is 22.2 Å². The van der Waals surface area contributed by atoms with Crippen LogP contribution in [0.4, 0.5) is 10.1 Å². The monoisotopic (exact) mass is 372 g/mol. The molecule has 5 nitrogen and oxygen atoms in total. The second kappa shape index (κ2) is 9.94. The number of hydrogen-bond donors (Lipinski definition) is 2. The Balaban J connectivity index is 0.00000312. The summed E-state index contributed by atoms with van der Waals surface area (Å²) in [6.07, 6.45) is 1.50. The lowest BCUT2D eigenvalue weighted by atomic mass is 10.0. The summed E-state index contributed by atoms with van der Waals surface area (Å²) < 4.78 is 13.8. The zero-order valence-corrected chi connectivity index (χ0v) is 16.1. The molecule has 0 aromatic heterocycles. The van der Waals surface area contributed by atoms with Gasteiger partial charge in [-0.05, 0) is 38.6 Å². The highest BCUT2D eigenvalue weighted by molar-refractivity contribution is 5.85. The number of halogens is 2. The number of hydrogen-bond acceptors (Lipinski definition) is 4. The molecule has 1 fully saturated rings. The number of carbonyl (C=O) groups excluding carboxylic acids is 1. The molecule has 0 radical (unpaired) electrons. The fourth-order valence-corrected chi connectivity index (χ4v) is 3.05. The van der Waals surface area contributed by atoms with Gasteiger partial charge in [0.15, 0.2) is 0 Å². The number of carbonyl (C=O) groups is 1. The van der Waals surface area contributed by atoms with Crippen LogP contribution in [0, 0.1) is 5.82 Å². The van der Waals surface area contributed by atoms with E-state index in [1.807, 2.05) is 19.9 Å². The smallest absolute Gasteiger partial charge is 0.237 e. The Labute approximate surface area is 156 Å². The molecule has 142 valence electrons. The molecule has 1 saturated heterocycles. The van der Waals surface area contributed by atoms with Gasteiger partial charge in [0, 0.05) is 37.4 Å². The molecular weight excluding hydrogens is 343 g/mol. The second-order valence-electron chi connectivity index (χ2n) is 6.62. The topological polar surface area (TPSA) is 61.6 Å². The van der Waals surface area contributed by atoms with Crippen molar-refractivity contribution in [2.45, 2.75) is 38.8 Å². The molecular formula is C18H30ClFN4O. The molecule has 0 bridgehead atoms. The molecule has 0 aliphatic carbocycles. The number of amides is 1. The number of benzene rings is 1. The third kappa shape index (κ3) is 5.83. The van der Waals surface area contributed by atoms with E-state index in [1.54, 1.807) is 0 Å². The maximum absolute atomic E-state index is 13.8. The Morgan fingerprint density at radius 1 is 1.32 bits per heavy atom. The number of rotatable bonds is 6. The third-order valence-electron chi connectivity index (χ3n) is 4.60. The van der Waals surface area contributed by atoms with E-state index < -0.39 is 6.04 Å². The fourth-order valence-electron chi connectivity index (χ4n) is 3.05. The summed E-state index contributed by atoms with van der Waals surface area (Å²) in [6, 6.07) is 4.01. The van der Waals surface area contributed by atoms with Crippen molar-refractivity contribution in [3.05, 3.63) is 29.6 Å². The van der Waals surface area contributed by atoms with E-state index in [0.717, 1.165) is 43.9 Å². The second-order valence-corrected chi connectivity index (χ2v) is 6.62. The molecule has 2 unspecified atom stereocenters. The first-order valence-electron chi connectivity index (χ1n) is 8.71. The first-order chi connectivity index (χ1) is 11.4. The maximum Gasteiger partial charge on any atom is 0.237 e. The van der Waals surface area contributed by atoms with Crippen LogP contribution in [-0.2, 0) is 4.79 Å². The zero-order valence-electron chi connectivity index (χ0n) is 15.3. The molecule has 25 heavy (non-hydrogen) atoms. The van der Waals surface area contributed by atoms with Gasteiger partial charge < -0.3 is 20.9 Å². The fraction of sp³-hybridized carbons (Fsp3) is 0.611. The summed E-state index contributed by atoms with van der Waals surface area (Å²) in [7, 11) is 2.10. The number of anilines is 1. The van der Waals surface area contributed by atoms with Gasteiger partial charge in [-0.3, -0.25) is 4.79 Å². The molecule has 0 saturated carbocycles. The minimum Gasteiger partial charge on any atom is -0.369 e. The van der Waals surface area contributed by atoms with Crippen LogP contribution < -0.4 is 16.0 Å². The summed E-state index contributed by atoms with van der Waals surface area (Å²) in [5.74, 6) is -0.472. The van der Waals surface area contributed by atoms with E-state index in [1.165, 1.54) is 12.1 Å². The Hall–Kier alpha value is -1.37. The highest BCUT2D eigenvalue weighted by atomic mass is 35.5. The number of nitrogens with two attached hydrogens (primary N) is 1. The van der Waals surface area contributed by atoms with Gasteiger partial charge in [0.25, 0.3) is 0 Å². The predicted molar refractivity (Wildman–Crippen MR) is 103 cm³/mol. The van der Waals surface area contributed by atoms with Crippen molar-refractivity contribution < 1.29 is 9.18 Å². The van der Waals surface area contributed by atoms with Crippen molar-refractivity contribution in [1.82, 2.24) is 10.2 Å². The van der Waals surface area contributed by atoms with Gasteiger partial charge >= 0.3 is 0 Å². The number of likely N-dealkylation sites (N-methyl/N-ethyl adjacent to an activating group) is 1. The summed E-state index contributed by atoms with van der Waals surface area (Å²) >= 11 is 0. The average molecular weight is 373 g/mol. The first-order valence-corrected chi connectivity index (χ1v) is 8.71. The molecule has 3 N–H and O–H groups in total. The van der Waals surface area contributed by atoms with Crippen LogP contribution in [0.2, 0.25) is 0 Å². The van der Waals surface area contributed by atoms with E-state index in [0.29, 0.717) is 6.42 Å². The third-order valence-corrected chi connectivity index (χ3v) is 4.60. The van der Waals surface area contributed by atoms with Crippen LogP contribution in [-0.4, -0.2) is 50.1 Å². The normalized spacial score (nSPS) is 17.6. The molecule has 1 aromatic carbocycles. The van der Waals surface area contributed by atoms with Crippen molar-refractivity contribution >= 4 is 24.0 Å². The Morgan fingerprint density at radius 2 is 1.96 bits per heavy atom. The van der Waals surface area contributed by atoms with Crippen molar-refractivity contribution in [2.24, 2.45) is 5.73 Å². The lowest BCUT2D eigenvalue weighted by Gasteiger charge is -2.36. The van der Waals surface area contributed by atoms with E-state index in [-0.39, 0.29) is 30.2 Å². The van der Waals surface area contributed by atoms with Gasteiger partial charge in [-0.25, -0.2) is 4.39 Å². The predicted octanol–water partition coefficient (Wildman–Crippen LogP) is 2.30. The molecule has 1 heterocycles. The van der Waals surface area contributed by atoms with Crippen molar-refractivity contribution in [2.75, 3.05) is 38.1 Å². The molecule has 0 spiro atoms. The maximum atomic E-state index is 13.8. The average Bonchev–Trinajstić information content (AvgIpc) is 2.56. The summed E-state index contributed by atoms with van der Waals surface area (Å²) in [5, 5.41) is 2.93. The zero-order chi connectivity index (χ0) is 17.7. The standard InChI is InChI=1S/C18H29FN4O.ClH/c1-4-5-16(20)18(24)21-13(2)15-12-14(19)6-7-17(15)23-10-8-22(3)9-11-23;/h6-7,12-13,16H,4-5,8-11,20H2,1-3H3,(H,21,24);1H. The Kier molecular flexibility index (Phi) is 8.62. The molecule has 1 aromatic rings. The van der Waals surface area contributed by atoms with E-state index >= 15 is 0 Å². The summed E-state index contributed by atoms with van der Waals surface area (Å²) in [5.41, 5.74) is 7.67. The van der Waals surface area contributed by atoms with Gasteiger partial charge in [-0.1, -0.05) is 13.3 Å². The lowest BCUT2D eigenvalue weighted by molar-refractivity contribution is -0.123. The minimum atomic E-state index is -0.516. The van der Waals surface area contributed by atoms with Gasteiger partial charge in [-0.2, -0.15) is 0 Å². The number of nitrogens with one attached hydrogen (secondary N) is 1. The molecule has 2 rings (SSSR count). The summed E-state index contributed by atoms with van der Waals surface area (Å²) in [4.78, 5) is 16.7. The van der Waals surface area contributed by atoms with Gasteiger partial charge in [0.2, 0.25) is 5.91 Å². The summed E-state index contributed by atoms with van der Waals surface area (Å²) in [6.45, 7) is 7.60. The van der Waals surface area contributed by atoms with Crippen molar-refractivity contribution in [3.63, 3.8) is 0 Å². The molecule has 2 atom stereocenters. The molecule has 1 amide bonds. The first kappa shape index (κ1) is 21.7. The van der Waals surface area contributed by atoms with Crippen molar-refractivity contribution in [3.8, 4) is 0 Å². The quantitative estimate of drug-likeness (QED) is 0.804. The van der Waals surface area contributed by atoms with E-state index in [9.17, 15) is 9.18 Å². The Morgan fingerprint density at radius 3 is 2.56 bits per heavy atom. The highest BCUT2D eigenvalue weighted by Gasteiger charge is 2.22. The van der Waals surface area contributed by atoms with Gasteiger partial charge in [0.1, 0.15) is 5.82 Å². The van der Waals surface area contributed by atoms with E-state index in [4.69, 9.17) is 5.73 Å². The van der Waals surface area contributed by atoms with Crippen LogP contribution in [0.5, 0.6) is 0 Å². The molecule has 1 aliphatic heterocycles. The molecule has 1 aliphatic rings. The van der Waals surface area contributed by atoms with Crippen LogP contribution in [0.15, 0.2) is 18.2 Å². The van der Waals surface area contributed by atoms with Crippen molar-refractivity contribution in [1.29, 1.82) is 0 Å². The number of piperazine rings is 1. The minimum absolute atomic E-state index is 0. The van der Waals surface area contributed by atoms with Crippen LogP contribution in [0.1, 0.15) is 38.3 Å². The lowest BCUT2D eigenvalue weighted by Crippen LogP contribution is -2.45. The Bertz CT molecular complexity index is 564. The van der Waals surface area contributed by atoms with Crippen LogP contribution >= 0.6 is 12.4 Å². The van der Waals surface area contributed by atoms with Crippen LogP contribution in [0.25, 0.3) is 0 Å². The largest absolute Gasteiger partial charge is 0.369 e. The molecule has 7 heteroatoms. The number of nitrogens with zero attached hydrogens (tertiary/aromatic N) is 2. The highest BCUT2D eigenvalue weighted by Crippen LogP contribution is 2.28. The van der Waals surface area contributed by atoms with Gasteiger partial charge in [0.05, 0.1) is 12.1 Å².